The standard InChI is InChI=1S/C19H18N6O/c1-12-6-3-4-8-15(12)24-18(26)16-13(2)23-19-21-11-22-25(19)17(16)14-7-5-9-20-10-14/h3-11,17H,1-2H3,(H,24,26)(H,21,22,23)/t17-/m1/s1. The van der Waals surface area contributed by atoms with Crippen molar-refractivity contribution >= 4 is 17.5 Å². The van der Waals surface area contributed by atoms with Gasteiger partial charge < -0.3 is 10.6 Å². The Hall–Kier alpha value is -3.48. The molecule has 1 aliphatic heterocycles. The summed E-state index contributed by atoms with van der Waals surface area (Å²) in [6.07, 6.45) is 4.92. The van der Waals surface area contributed by atoms with E-state index in [4.69, 9.17) is 0 Å². The molecule has 3 heterocycles. The molecule has 0 bridgehead atoms. The summed E-state index contributed by atoms with van der Waals surface area (Å²) in [6.45, 7) is 3.83. The molecule has 26 heavy (non-hydrogen) atoms. The molecule has 7 nitrogen and oxygen atoms in total. The van der Waals surface area contributed by atoms with Crippen LogP contribution in [0.25, 0.3) is 0 Å². The summed E-state index contributed by atoms with van der Waals surface area (Å²) in [5, 5.41) is 10.5. The molecule has 0 unspecified atom stereocenters. The van der Waals surface area contributed by atoms with E-state index in [1.54, 1.807) is 17.1 Å². The van der Waals surface area contributed by atoms with Gasteiger partial charge >= 0.3 is 0 Å². The van der Waals surface area contributed by atoms with Gasteiger partial charge in [0, 0.05) is 23.8 Å². The summed E-state index contributed by atoms with van der Waals surface area (Å²) in [5.74, 6) is 0.420. The van der Waals surface area contributed by atoms with E-state index in [0.717, 1.165) is 22.5 Å². The van der Waals surface area contributed by atoms with Crippen LogP contribution in [0.5, 0.6) is 0 Å². The summed E-state index contributed by atoms with van der Waals surface area (Å²) >= 11 is 0. The number of amides is 1. The van der Waals surface area contributed by atoms with Gasteiger partial charge in [-0.15, -0.1) is 0 Å². The Balaban J connectivity index is 1.77. The van der Waals surface area contributed by atoms with Gasteiger partial charge in [-0.1, -0.05) is 24.3 Å². The first-order valence-corrected chi connectivity index (χ1v) is 8.29. The Bertz CT molecular complexity index is 992. The average Bonchev–Trinajstić information content (AvgIpc) is 3.11. The topological polar surface area (TPSA) is 84.7 Å². The molecule has 2 aromatic heterocycles. The van der Waals surface area contributed by atoms with Crippen LogP contribution in [-0.2, 0) is 4.79 Å². The van der Waals surface area contributed by atoms with Gasteiger partial charge in [-0.25, -0.2) is 4.68 Å². The first-order chi connectivity index (χ1) is 12.6. The summed E-state index contributed by atoms with van der Waals surface area (Å²) in [4.78, 5) is 21.6. The summed E-state index contributed by atoms with van der Waals surface area (Å²) in [6, 6.07) is 11.1. The molecule has 1 aliphatic rings. The molecule has 0 fully saturated rings. The van der Waals surface area contributed by atoms with E-state index in [0.29, 0.717) is 11.5 Å². The number of nitrogens with zero attached hydrogens (tertiary/aromatic N) is 4. The molecule has 130 valence electrons. The van der Waals surface area contributed by atoms with Crippen LogP contribution in [0.1, 0.15) is 24.1 Å². The highest BCUT2D eigenvalue weighted by Gasteiger charge is 2.33. The number of benzene rings is 1. The molecule has 3 aromatic rings. The van der Waals surface area contributed by atoms with Gasteiger partial charge in [0.2, 0.25) is 5.95 Å². The van der Waals surface area contributed by atoms with E-state index in [-0.39, 0.29) is 5.91 Å². The van der Waals surface area contributed by atoms with Gasteiger partial charge in [0.25, 0.3) is 5.91 Å². The van der Waals surface area contributed by atoms with Gasteiger partial charge in [-0.05, 0) is 37.1 Å². The number of carbonyl (C=O) groups is 1. The van der Waals surface area contributed by atoms with Crippen molar-refractivity contribution in [2.75, 3.05) is 10.6 Å². The maximum absolute atomic E-state index is 13.2. The molecule has 7 heteroatoms. The lowest BCUT2D eigenvalue weighted by Gasteiger charge is -2.28. The number of allylic oxidation sites excluding steroid dienone is 1. The van der Waals surface area contributed by atoms with Crippen LogP contribution in [-0.4, -0.2) is 25.7 Å². The van der Waals surface area contributed by atoms with E-state index in [2.05, 4.69) is 25.7 Å². The molecule has 1 atom stereocenters. The van der Waals surface area contributed by atoms with E-state index >= 15 is 0 Å². The number of hydrogen-bond donors (Lipinski definition) is 2. The smallest absolute Gasteiger partial charge is 0.255 e. The average molecular weight is 346 g/mol. The second-order valence-electron chi connectivity index (χ2n) is 6.15. The van der Waals surface area contributed by atoms with Crippen LogP contribution >= 0.6 is 0 Å². The molecule has 0 saturated carbocycles. The third kappa shape index (κ3) is 2.73. The summed E-state index contributed by atoms with van der Waals surface area (Å²) in [7, 11) is 0. The minimum absolute atomic E-state index is 0.181. The molecule has 1 amide bonds. The van der Waals surface area contributed by atoms with E-state index in [1.165, 1.54) is 6.33 Å². The monoisotopic (exact) mass is 346 g/mol. The number of aryl methyl sites for hydroxylation is 1. The number of para-hydroxylation sites is 1. The van der Waals surface area contributed by atoms with Crippen LogP contribution in [0, 0.1) is 6.92 Å². The number of pyridine rings is 1. The zero-order chi connectivity index (χ0) is 18.1. The lowest BCUT2D eigenvalue weighted by atomic mass is 9.96. The first kappa shape index (κ1) is 16.0. The number of carbonyl (C=O) groups excluding carboxylic acids is 1. The molecule has 0 radical (unpaired) electrons. The third-order valence-electron chi connectivity index (χ3n) is 4.43. The Morgan fingerprint density at radius 1 is 1.19 bits per heavy atom. The zero-order valence-corrected chi connectivity index (χ0v) is 14.5. The number of fused-ring (bicyclic) bond motifs is 1. The molecular weight excluding hydrogens is 328 g/mol. The van der Waals surface area contributed by atoms with Crippen LogP contribution in [0.4, 0.5) is 11.6 Å². The van der Waals surface area contributed by atoms with E-state index < -0.39 is 6.04 Å². The second-order valence-corrected chi connectivity index (χ2v) is 6.15. The van der Waals surface area contributed by atoms with Gasteiger partial charge in [0.05, 0.1) is 5.57 Å². The van der Waals surface area contributed by atoms with Crippen molar-refractivity contribution in [3.05, 3.63) is 77.5 Å². The fourth-order valence-corrected chi connectivity index (χ4v) is 3.13. The lowest BCUT2D eigenvalue weighted by molar-refractivity contribution is -0.113. The summed E-state index contributed by atoms with van der Waals surface area (Å²) < 4.78 is 1.71. The SMILES string of the molecule is CC1=C(C(=O)Nc2ccccc2C)[C@@H](c2cccnc2)n2ncnc2N1. The molecule has 0 saturated heterocycles. The van der Waals surface area contributed by atoms with Crippen molar-refractivity contribution in [3.8, 4) is 0 Å². The summed E-state index contributed by atoms with van der Waals surface area (Å²) in [5.41, 5.74) is 3.98. The van der Waals surface area contributed by atoms with Crippen LogP contribution < -0.4 is 10.6 Å². The molecule has 4 rings (SSSR count). The second kappa shape index (κ2) is 6.44. The van der Waals surface area contributed by atoms with Crippen LogP contribution in [0.2, 0.25) is 0 Å². The van der Waals surface area contributed by atoms with Crippen molar-refractivity contribution < 1.29 is 4.79 Å². The third-order valence-corrected chi connectivity index (χ3v) is 4.43. The fourth-order valence-electron chi connectivity index (χ4n) is 3.13. The Kier molecular flexibility index (Phi) is 3.96. The highest BCUT2D eigenvalue weighted by atomic mass is 16.1. The van der Waals surface area contributed by atoms with E-state index in [1.807, 2.05) is 50.2 Å². The van der Waals surface area contributed by atoms with Gasteiger partial charge in [0.15, 0.2) is 0 Å². The molecule has 0 spiro atoms. The number of anilines is 2. The number of nitrogens with one attached hydrogen (secondary N) is 2. The maximum atomic E-state index is 13.2. The Morgan fingerprint density at radius 2 is 2.04 bits per heavy atom. The number of hydrogen-bond acceptors (Lipinski definition) is 5. The van der Waals surface area contributed by atoms with Crippen molar-refractivity contribution in [1.29, 1.82) is 0 Å². The Morgan fingerprint density at radius 3 is 2.81 bits per heavy atom. The van der Waals surface area contributed by atoms with Gasteiger partial charge in [-0.3, -0.25) is 9.78 Å². The fraction of sp³-hybridized carbons (Fsp3) is 0.158. The highest BCUT2D eigenvalue weighted by Crippen LogP contribution is 2.34. The molecule has 1 aromatic carbocycles. The predicted octanol–water partition coefficient (Wildman–Crippen LogP) is 2.91. The van der Waals surface area contributed by atoms with Crippen LogP contribution in [0.3, 0.4) is 0 Å². The largest absolute Gasteiger partial charge is 0.328 e. The molecular formula is C19H18N6O. The Labute approximate surface area is 150 Å². The number of rotatable bonds is 3. The predicted molar refractivity (Wildman–Crippen MR) is 98.5 cm³/mol. The van der Waals surface area contributed by atoms with Crippen molar-refractivity contribution in [2.45, 2.75) is 19.9 Å². The maximum Gasteiger partial charge on any atom is 0.255 e. The zero-order valence-electron chi connectivity index (χ0n) is 14.5. The minimum Gasteiger partial charge on any atom is -0.328 e. The van der Waals surface area contributed by atoms with Crippen LogP contribution in [0.15, 0.2) is 66.4 Å². The lowest BCUT2D eigenvalue weighted by Crippen LogP contribution is -2.31. The van der Waals surface area contributed by atoms with E-state index in [9.17, 15) is 4.79 Å². The van der Waals surface area contributed by atoms with Crippen molar-refractivity contribution in [1.82, 2.24) is 19.7 Å². The quantitative estimate of drug-likeness (QED) is 0.762. The number of aromatic nitrogens is 4. The van der Waals surface area contributed by atoms with Gasteiger partial charge in [0.1, 0.15) is 12.4 Å². The molecule has 0 aliphatic carbocycles. The normalized spacial score (nSPS) is 16.0. The first-order valence-electron chi connectivity index (χ1n) is 8.29. The highest BCUT2D eigenvalue weighted by molar-refractivity contribution is 6.06. The van der Waals surface area contributed by atoms with Crippen molar-refractivity contribution in [3.63, 3.8) is 0 Å². The van der Waals surface area contributed by atoms with Crippen molar-refractivity contribution in [2.24, 2.45) is 0 Å². The molecule has 2 N–H and O–H groups in total. The van der Waals surface area contributed by atoms with Gasteiger partial charge in [-0.2, -0.15) is 10.1 Å². The minimum atomic E-state index is -0.397.